The Balaban J connectivity index is 1.63. The van der Waals surface area contributed by atoms with Crippen LogP contribution in [0.2, 0.25) is 0 Å². The summed E-state index contributed by atoms with van der Waals surface area (Å²) in [5.74, 6) is 0.874. The quantitative estimate of drug-likeness (QED) is 0.372. The van der Waals surface area contributed by atoms with Gasteiger partial charge >= 0.3 is 0 Å². The molecule has 0 amide bonds. The Morgan fingerprint density at radius 3 is 2.20 bits per heavy atom. The van der Waals surface area contributed by atoms with Gasteiger partial charge in [0.1, 0.15) is 11.4 Å². The number of ether oxygens (including phenoxy) is 1. The van der Waals surface area contributed by atoms with Crippen molar-refractivity contribution >= 4 is 10.9 Å². The van der Waals surface area contributed by atoms with E-state index in [1.54, 1.807) is 0 Å². The first kappa shape index (κ1) is 20.1. The zero-order chi connectivity index (χ0) is 21.3. The molecule has 2 aromatic carbocycles. The van der Waals surface area contributed by atoms with E-state index in [1.165, 1.54) is 16.5 Å². The van der Waals surface area contributed by atoms with Crippen molar-refractivity contribution in [3.05, 3.63) is 78.0 Å². The normalized spacial score (nSPS) is 11.6. The van der Waals surface area contributed by atoms with Crippen LogP contribution in [0.1, 0.15) is 38.8 Å². The summed E-state index contributed by atoms with van der Waals surface area (Å²) in [6.45, 7) is 10.5. The van der Waals surface area contributed by atoms with Crippen LogP contribution in [-0.4, -0.2) is 15.6 Å². The fourth-order valence-corrected chi connectivity index (χ4v) is 3.62. The molecule has 0 radical (unpaired) electrons. The summed E-state index contributed by atoms with van der Waals surface area (Å²) in [4.78, 5) is 9.58. The Labute approximate surface area is 178 Å². The first-order valence-corrected chi connectivity index (χ1v) is 10.5. The van der Waals surface area contributed by atoms with Gasteiger partial charge in [0.05, 0.1) is 16.9 Å². The lowest BCUT2D eigenvalue weighted by molar-refractivity contribution is 0.131. The van der Waals surface area contributed by atoms with Gasteiger partial charge in [-0.05, 0) is 81.6 Å². The number of hydrogen-bond donors (Lipinski definition) is 0. The first-order valence-electron chi connectivity index (χ1n) is 10.5. The van der Waals surface area contributed by atoms with Gasteiger partial charge in [0, 0.05) is 17.1 Å². The molecule has 4 rings (SSSR count). The van der Waals surface area contributed by atoms with E-state index in [0.717, 1.165) is 40.2 Å². The zero-order valence-corrected chi connectivity index (χ0v) is 18.4. The van der Waals surface area contributed by atoms with Crippen molar-refractivity contribution in [3.63, 3.8) is 0 Å². The van der Waals surface area contributed by atoms with E-state index in [2.05, 4.69) is 83.1 Å². The highest BCUT2D eigenvalue weighted by Crippen LogP contribution is 2.28. The van der Waals surface area contributed by atoms with Gasteiger partial charge in [-0.25, -0.2) is 4.98 Å². The van der Waals surface area contributed by atoms with Gasteiger partial charge < -0.3 is 4.74 Å². The lowest BCUT2D eigenvalue weighted by atomic mass is 10.0. The average molecular weight is 397 g/mol. The number of aromatic nitrogens is 2. The molecule has 0 aliphatic heterocycles. The van der Waals surface area contributed by atoms with Gasteiger partial charge in [0.2, 0.25) is 0 Å². The average Bonchev–Trinajstić information content (AvgIpc) is 2.72. The Bertz CT molecular complexity index is 1170. The van der Waals surface area contributed by atoms with Crippen LogP contribution in [0.5, 0.6) is 5.75 Å². The molecule has 0 aliphatic carbocycles. The highest BCUT2D eigenvalue weighted by atomic mass is 16.5. The predicted molar refractivity (Wildman–Crippen MR) is 125 cm³/mol. The third kappa shape index (κ3) is 4.35. The minimum atomic E-state index is -0.201. The fraction of sp³-hybridized carbons (Fsp3) is 0.259. The molecule has 2 aromatic heterocycles. The number of hydrogen-bond acceptors (Lipinski definition) is 3. The van der Waals surface area contributed by atoms with Gasteiger partial charge in [-0.1, -0.05) is 36.8 Å². The molecule has 30 heavy (non-hydrogen) atoms. The molecule has 0 saturated carbocycles. The highest BCUT2D eigenvalue weighted by Gasteiger charge is 2.12. The monoisotopic (exact) mass is 396 g/mol. The van der Waals surface area contributed by atoms with Crippen LogP contribution in [0.15, 0.2) is 66.9 Å². The van der Waals surface area contributed by atoms with Crippen molar-refractivity contribution < 1.29 is 4.74 Å². The largest absolute Gasteiger partial charge is 0.488 e. The van der Waals surface area contributed by atoms with Crippen molar-refractivity contribution in [1.29, 1.82) is 0 Å². The summed E-state index contributed by atoms with van der Waals surface area (Å²) in [6, 6.07) is 20.9. The molecule has 0 bridgehead atoms. The lowest BCUT2D eigenvalue weighted by Crippen LogP contribution is -2.22. The number of benzene rings is 2. The molecule has 0 spiro atoms. The van der Waals surface area contributed by atoms with Crippen molar-refractivity contribution in [2.45, 2.75) is 46.6 Å². The topological polar surface area (TPSA) is 35.0 Å². The highest BCUT2D eigenvalue weighted by molar-refractivity contribution is 5.85. The standard InChI is InChI=1S/C27H28N2O/c1-6-19-16-26(29-24-13-7-18(2)15-23(19)24)25-14-10-21(17-28-25)20-8-11-22(12-9-20)30-27(3,4)5/h7-17H,6H2,1-5H3. The molecule has 2 heterocycles. The SMILES string of the molecule is CCc1cc(-c2ccc(-c3ccc(OC(C)(C)C)cc3)cn2)nc2ccc(C)cc12. The maximum atomic E-state index is 5.91. The van der Waals surface area contributed by atoms with Gasteiger partial charge in [0.15, 0.2) is 0 Å². The van der Waals surface area contributed by atoms with Crippen LogP contribution >= 0.6 is 0 Å². The molecule has 3 nitrogen and oxygen atoms in total. The third-order valence-corrected chi connectivity index (χ3v) is 5.07. The van der Waals surface area contributed by atoms with Crippen molar-refractivity contribution in [2.24, 2.45) is 0 Å². The molecule has 152 valence electrons. The molecule has 0 N–H and O–H groups in total. The predicted octanol–water partition coefficient (Wildman–Crippen LogP) is 7.01. The minimum absolute atomic E-state index is 0.201. The smallest absolute Gasteiger partial charge is 0.120 e. The van der Waals surface area contributed by atoms with Crippen LogP contribution in [0.25, 0.3) is 33.4 Å². The third-order valence-electron chi connectivity index (χ3n) is 5.07. The first-order chi connectivity index (χ1) is 14.3. The summed E-state index contributed by atoms with van der Waals surface area (Å²) >= 11 is 0. The Hall–Kier alpha value is -3.20. The van der Waals surface area contributed by atoms with Gasteiger partial charge in [-0.15, -0.1) is 0 Å². The van der Waals surface area contributed by atoms with E-state index in [1.807, 2.05) is 18.3 Å². The fourth-order valence-electron chi connectivity index (χ4n) is 3.62. The van der Waals surface area contributed by atoms with Crippen LogP contribution in [0.4, 0.5) is 0 Å². The Morgan fingerprint density at radius 1 is 0.833 bits per heavy atom. The van der Waals surface area contributed by atoms with Crippen molar-refractivity contribution in [2.75, 3.05) is 0 Å². The Kier molecular flexibility index (Phi) is 5.29. The molecule has 0 atom stereocenters. The molecular formula is C27H28N2O. The minimum Gasteiger partial charge on any atom is -0.488 e. The van der Waals surface area contributed by atoms with E-state index in [4.69, 9.17) is 14.7 Å². The van der Waals surface area contributed by atoms with E-state index in [0.29, 0.717) is 0 Å². The van der Waals surface area contributed by atoms with E-state index in [9.17, 15) is 0 Å². The van der Waals surface area contributed by atoms with Crippen LogP contribution < -0.4 is 4.74 Å². The van der Waals surface area contributed by atoms with Gasteiger partial charge in [-0.2, -0.15) is 0 Å². The molecule has 0 unspecified atom stereocenters. The summed E-state index contributed by atoms with van der Waals surface area (Å²) in [7, 11) is 0. The van der Waals surface area contributed by atoms with Crippen molar-refractivity contribution in [3.8, 4) is 28.3 Å². The van der Waals surface area contributed by atoms with Gasteiger partial charge in [-0.3, -0.25) is 4.98 Å². The second-order valence-electron chi connectivity index (χ2n) is 8.71. The van der Waals surface area contributed by atoms with E-state index in [-0.39, 0.29) is 5.60 Å². The van der Waals surface area contributed by atoms with E-state index >= 15 is 0 Å². The lowest BCUT2D eigenvalue weighted by Gasteiger charge is -2.21. The number of aryl methyl sites for hydroxylation is 2. The van der Waals surface area contributed by atoms with Gasteiger partial charge in [0.25, 0.3) is 0 Å². The molecule has 0 fully saturated rings. The number of fused-ring (bicyclic) bond motifs is 1. The summed E-state index contributed by atoms with van der Waals surface area (Å²) in [6.07, 6.45) is 2.89. The molecule has 0 saturated heterocycles. The zero-order valence-electron chi connectivity index (χ0n) is 18.4. The number of nitrogens with zero attached hydrogens (tertiary/aromatic N) is 2. The maximum Gasteiger partial charge on any atom is 0.120 e. The summed E-state index contributed by atoms with van der Waals surface area (Å²) in [5.41, 5.74) is 7.39. The molecule has 3 heteroatoms. The van der Waals surface area contributed by atoms with Crippen LogP contribution in [0, 0.1) is 6.92 Å². The summed E-state index contributed by atoms with van der Waals surface area (Å²) in [5, 5.41) is 1.23. The molecular weight excluding hydrogens is 368 g/mol. The molecule has 4 aromatic rings. The van der Waals surface area contributed by atoms with Crippen LogP contribution in [-0.2, 0) is 6.42 Å². The number of rotatable bonds is 4. The Morgan fingerprint density at radius 2 is 1.57 bits per heavy atom. The van der Waals surface area contributed by atoms with Crippen LogP contribution in [0.3, 0.4) is 0 Å². The maximum absolute atomic E-state index is 5.91. The van der Waals surface area contributed by atoms with Crippen molar-refractivity contribution in [1.82, 2.24) is 9.97 Å². The summed E-state index contributed by atoms with van der Waals surface area (Å²) < 4.78 is 5.91. The molecule has 0 aliphatic rings. The number of pyridine rings is 2. The second kappa shape index (κ2) is 7.91. The van der Waals surface area contributed by atoms with E-state index < -0.39 is 0 Å². The second-order valence-corrected chi connectivity index (χ2v) is 8.71.